The van der Waals surface area contributed by atoms with E-state index in [1.165, 1.54) is 5.56 Å². The van der Waals surface area contributed by atoms with E-state index in [-0.39, 0.29) is 0 Å². The highest BCUT2D eigenvalue weighted by Crippen LogP contribution is 2.26. The highest BCUT2D eigenvalue weighted by molar-refractivity contribution is 9.11. The van der Waals surface area contributed by atoms with E-state index in [0.29, 0.717) is 6.04 Å². The molecule has 0 saturated heterocycles. The van der Waals surface area contributed by atoms with Gasteiger partial charge in [-0.2, -0.15) is 0 Å². The van der Waals surface area contributed by atoms with Crippen LogP contribution in [0.2, 0.25) is 0 Å². The summed E-state index contributed by atoms with van der Waals surface area (Å²) >= 11 is 7.00. The minimum Gasteiger partial charge on any atom is -0.310 e. The smallest absolute Gasteiger partial charge is 0.0330 e. The Morgan fingerprint density at radius 3 is 2.44 bits per heavy atom. The lowest BCUT2D eigenvalue weighted by molar-refractivity contribution is 0.522. The fraction of sp³-hybridized carbons (Fsp3) is 0.385. The van der Waals surface area contributed by atoms with Crippen molar-refractivity contribution in [1.29, 1.82) is 0 Å². The van der Waals surface area contributed by atoms with Crippen molar-refractivity contribution in [3.8, 4) is 12.3 Å². The molecule has 1 atom stereocenters. The van der Waals surface area contributed by atoms with Crippen LogP contribution in [0.4, 0.5) is 0 Å². The molecule has 1 N–H and O–H groups in total. The van der Waals surface area contributed by atoms with Gasteiger partial charge in [-0.05, 0) is 36.7 Å². The monoisotopic (exact) mass is 343 g/mol. The van der Waals surface area contributed by atoms with Gasteiger partial charge in [0.1, 0.15) is 0 Å². The van der Waals surface area contributed by atoms with Gasteiger partial charge in [0.2, 0.25) is 0 Å². The van der Waals surface area contributed by atoms with Crippen LogP contribution in [-0.4, -0.2) is 6.54 Å². The Bertz CT molecular complexity index is 362. The zero-order valence-corrected chi connectivity index (χ0v) is 12.4. The molecule has 0 bridgehead atoms. The molecular formula is C13H15Br2N. The van der Waals surface area contributed by atoms with Crippen LogP contribution in [-0.2, 0) is 0 Å². The van der Waals surface area contributed by atoms with Crippen LogP contribution < -0.4 is 5.32 Å². The van der Waals surface area contributed by atoms with Gasteiger partial charge in [-0.25, -0.2) is 0 Å². The molecule has 1 aromatic rings. The molecule has 0 fully saturated rings. The van der Waals surface area contributed by atoms with E-state index in [4.69, 9.17) is 6.42 Å². The summed E-state index contributed by atoms with van der Waals surface area (Å²) in [6.07, 6.45) is 7.07. The van der Waals surface area contributed by atoms with E-state index in [9.17, 15) is 0 Å². The summed E-state index contributed by atoms with van der Waals surface area (Å²) in [5.41, 5.74) is 1.26. The molecule has 86 valence electrons. The summed E-state index contributed by atoms with van der Waals surface area (Å²) < 4.78 is 2.17. The standard InChI is InChI=1S/C13H15Br2N/c1-3-5-6-13(16-4-2)10-7-11(14)9-12(15)8-10/h1,7-9,13,16H,4-6H2,2H3. The third-order valence-corrected chi connectivity index (χ3v) is 3.23. The topological polar surface area (TPSA) is 12.0 Å². The quantitative estimate of drug-likeness (QED) is 0.786. The third kappa shape index (κ3) is 4.29. The van der Waals surface area contributed by atoms with Gasteiger partial charge in [0, 0.05) is 21.4 Å². The average Bonchev–Trinajstić information content (AvgIpc) is 2.22. The number of hydrogen-bond acceptors (Lipinski definition) is 1. The van der Waals surface area contributed by atoms with Crippen molar-refractivity contribution in [2.24, 2.45) is 0 Å². The molecule has 16 heavy (non-hydrogen) atoms. The molecular weight excluding hydrogens is 330 g/mol. The lowest BCUT2D eigenvalue weighted by Crippen LogP contribution is -2.20. The van der Waals surface area contributed by atoms with Crippen molar-refractivity contribution in [3.05, 3.63) is 32.7 Å². The van der Waals surface area contributed by atoms with Crippen LogP contribution in [0, 0.1) is 12.3 Å². The molecule has 0 saturated carbocycles. The van der Waals surface area contributed by atoms with Crippen LogP contribution in [0.25, 0.3) is 0 Å². The maximum absolute atomic E-state index is 5.31. The molecule has 0 aliphatic rings. The van der Waals surface area contributed by atoms with Crippen LogP contribution in [0.1, 0.15) is 31.4 Å². The van der Waals surface area contributed by atoms with Crippen LogP contribution >= 0.6 is 31.9 Å². The van der Waals surface area contributed by atoms with Crippen molar-refractivity contribution in [2.75, 3.05) is 6.54 Å². The van der Waals surface area contributed by atoms with E-state index in [1.807, 2.05) is 6.07 Å². The van der Waals surface area contributed by atoms with Gasteiger partial charge in [-0.3, -0.25) is 0 Å². The first-order valence-corrected chi connectivity index (χ1v) is 6.88. The summed E-state index contributed by atoms with van der Waals surface area (Å²) in [7, 11) is 0. The molecule has 1 unspecified atom stereocenters. The Labute approximate surface area is 114 Å². The predicted octanol–water partition coefficient (Wildman–Crippen LogP) is 4.28. The maximum atomic E-state index is 5.31. The Kier molecular flexibility index (Phi) is 6.12. The first-order chi connectivity index (χ1) is 7.67. The molecule has 0 spiro atoms. The summed E-state index contributed by atoms with van der Waals surface area (Å²) in [6.45, 7) is 3.05. The number of terminal acetylenes is 1. The van der Waals surface area contributed by atoms with Crippen molar-refractivity contribution in [3.63, 3.8) is 0 Å². The normalized spacial score (nSPS) is 12.1. The maximum Gasteiger partial charge on any atom is 0.0330 e. The van der Waals surface area contributed by atoms with Gasteiger partial charge in [0.05, 0.1) is 0 Å². The van der Waals surface area contributed by atoms with Gasteiger partial charge in [0.25, 0.3) is 0 Å². The molecule has 1 nitrogen and oxygen atoms in total. The van der Waals surface area contributed by atoms with E-state index >= 15 is 0 Å². The largest absolute Gasteiger partial charge is 0.310 e. The molecule has 3 heteroatoms. The van der Waals surface area contributed by atoms with E-state index in [0.717, 1.165) is 28.3 Å². The average molecular weight is 345 g/mol. The van der Waals surface area contributed by atoms with Gasteiger partial charge in [-0.1, -0.05) is 38.8 Å². The number of benzene rings is 1. The highest BCUT2D eigenvalue weighted by Gasteiger charge is 2.10. The lowest BCUT2D eigenvalue weighted by atomic mass is 10.0. The lowest BCUT2D eigenvalue weighted by Gasteiger charge is -2.18. The summed E-state index contributed by atoms with van der Waals surface area (Å²) in [5, 5.41) is 3.45. The van der Waals surface area contributed by atoms with Crippen LogP contribution in [0.15, 0.2) is 27.1 Å². The Hall–Kier alpha value is -0.300. The molecule has 0 radical (unpaired) electrons. The van der Waals surface area contributed by atoms with E-state index < -0.39 is 0 Å². The Morgan fingerprint density at radius 1 is 1.31 bits per heavy atom. The Morgan fingerprint density at radius 2 is 1.94 bits per heavy atom. The molecule has 0 aromatic heterocycles. The molecule has 1 rings (SSSR count). The fourth-order valence-electron chi connectivity index (χ4n) is 1.64. The first-order valence-electron chi connectivity index (χ1n) is 5.30. The van der Waals surface area contributed by atoms with Crippen molar-refractivity contribution >= 4 is 31.9 Å². The minimum absolute atomic E-state index is 0.329. The second kappa shape index (κ2) is 7.11. The van der Waals surface area contributed by atoms with Crippen molar-refractivity contribution in [1.82, 2.24) is 5.32 Å². The van der Waals surface area contributed by atoms with E-state index in [1.54, 1.807) is 0 Å². The number of nitrogens with one attached hydrogen (secondary N) is 1. The van der Waals surface area contributed by atoms with Crippen molar-refractivity contribution in [2.45, 2.75) is 25.8 Å². The summed E-state index contributed by atoms with van der Waals surface area (Å²) in [5.74, 6) is 2.69. The van der Waals surface area contributed by atoms with E-state index in [2.05, 4.69) is 62.2 Å². The zero-order valence-electron chi connectivity index (χ0n) is 9.26. The van der Waals surface area contributed by atoms with Crippen molar-refractivity contribution < 1.29 is 0 Å². The van der Waals surface area contributed by atoms with Gasteiger partial charge in [-0.15, -0.1) is 12.3 Å². The fourth-order valence-corrected chi connectivity index (χ4v) is 2.97. The number of rotatable bonds is 5. The molecule has 1 aromatic carbocycles. The molecule has 0 aliphatic heterocycles. The Balaban J connectivity index is 2.87. The summed E-state index contributed by atoms with van der Waals surface area (Å²) in [4.78, 5) is 0. The van der Waals surface area contributed by atoms with Gasteiger partial charge < -0.3 is 5.32 Å². The second-order valence-corrected chi connectivity index (χ2v) is 5.39. The van der Waals surface area contributed by atoms with Gasteiger partial charge >= 0.3 is 0 Å². The van der Waals surface area contributed by atoms with Crippen LogP contribution in [0.3, 0.4) is 0 Å². The third-order valence-electron chi connectivity index (χ3n) is 2.32. The SMILES string of the molecule is C#CCCC(NCC)c1cc(Br)cc(Br)c1. The number of halogens is 2. The zero-order chi connectivity index (χ0) is 12.0. The molecule has 0 amide bonds. The highest BCUT2D eigenvalue weighted by atomic mass is 79.9. The predicted molar refractivity (Wildman–Crippen MR) is 76.3 cm³/mol. The first kappa shape index (κ1) is 13.8. The van der Waals surface area contributed by atoms with Gasteiger partial charge in [0.15, 0.2) is 0 Å². The molecule has 0 heterocycles. The minimum atomic E-state index is 0.329. The summed E-state index contributed by atoms with van der Waals surface area (Å²) in [6, 6.07) is 6.63. The van der Waals surface area contributed by atoms with Crippen LogP contribution in [0.5, 0.6) is 0 Å². The number of hydrogen-bond donors (Lipinski definition) is 1. The molecule has 0 aliphatic carbocycles. The second-order valence-electron chi connectivity index (χ2n) is 3.56.